The molecule has 0 aromatic rings. The van der Waals surface area contributed by atoms with Crippen molar-refractivity contribution >= 4 is 23.9 Å². The average Bonchev–Trinajstić information content (AvgIpc) is 2.77. The maximum absolute atomic E-state index is 13.3. The van der Waals surface area contributed by atoms with Gasteiger partial charge >= 0.3 is 23.9 Å². The predicted octanol–water partition coefficient (Wildman–Crippen LogP) is 3.52. The lowest BCUT2D eigenvalue weighted by atomic mass is 9.43. The molecule has 3 rings (SSSR count). The second-order valence-electron chi connectivity index (χ2n) is 11.3. The van der Waals surface area contributed by atoms with Crippen molar-refractivity contribution in [3.05, 3.63) is 12.7 Å². The summed E-state index contributed by atoms with van der Waals surface area (Å²) >= 11 is 0. The first-order chi connectivity index (χ1) is 16.7. The molecule has 0 N–H and O–H groups in total. The van der Waals surface area contributed by atoms with E-state index in [4.69, 9.17) is 23.7 Å². The third-order valence-electron chi connectivity index (χ3n) is 8.93. The largest absolute Gasteiger partial charge is 0.468 e. The van der Waals surface area contributed by atoms with Crippen LogP contribution in [0.3, 0.4) is 0 Å². The summed E-state index contributed by atoms with van der Waals surface area (Å²) in [6.45, 7) is 13.9. The van der Waals surface area contributed by atoms with Crippen molar-refractivity contribution in [3.63, 3.8) is 0 Å². The molecule has 8 atom stereocenters. The molecule has 0 spiro atoms. The molecular weight excluding hydrogens is 468 g/mol. The van der Waals surface area contributed by atoms with Crippen LogP contribution in [0.1, 0.15) is 73.6 Å². The molecule has 0 amide bonds. The summed E-state index contributed by atoms with van der Waals surface area (Å²) in [4.78, 5) is 49.1. The molecule has 202 valence electrons. The Balaban J connectivity index is 2.10. The monoisotopic (exact) mass is 508 g/mol. The molecule has 0 bridgehead atoms. The highest BCUT2D eigenvalue weighted by Crippen LogP contribution is 2.66. The minimum absolute atomic E-state index is 0.0412. The summed E-state index contributed by atoms with van der Waals surface area (Å²) in [6.07, 6.45) is 2.91. The maximum Gasteiger partial charge on any atom is 0.315 e. The Morgan fingerprint density at radius 3 is 2.14 bits per heavy atom. The van der Waals surface area contributed by atoms with Crippen LogP contribution in [-0.2, 0) is 42.9 Å². The van der Waals surface area contributed by atoms with Gasteiger partial charge in [-0.25, -0.2) is 0 Å². The van der Waals surface area contributed by atoms with Crippen LogP contribution in [0.2, 0.25) is 0 Å². The number of methoxy groups -OCH3 is 1. The van der Waals surface area contributed by atoms with Gasteiger partial charge in [-0.3, -0.25) is 19.2 Å². The molecule has 2 unspecified atom stereocenters. The highest BCUT2D eigenvalue weighted by atomic mass is 16.6. The summed E-state index contributed by atoms with van der Waals surface area (Å²) in [6, 6.07) is 0. The van der Waals surface area contributed by atoms with Gasteiger partial charge in [0.25, 0.3) is 0 Å². The molecule has 0 aromatic carbocycles. The number of hydrogen-bond donors (Lipinski definition) is 0. The molecule has 9 nitrogen and oxygen atoms in total. The Morgan fingerprint density at radius 2 is 1.61 bits per heavy atom. The molecule has 3 aliphatic rings. The second kappa shape index (κ2) is 9.80. The van der Waals surface area contributed by atoms with Gasteiger partial charge in [0.15, 0.2) is 0 Å². The summed E-state index contributed by atoms with van der Waals surface area (Å²) in [5, 5.41) is 0. The molecule has 9 heteroatoms. The van der Waals surface area contributed by atoms with E-state index >= 15 is 0 Å². The van der Waals surface area contributed by atoms with E-state index in [0.717, 1.165) is 0 Å². The number of ether oxygens (including phenoxy) is 5. The summed E-state index contributed by atoms with van der Waals surface area (Å²) < 4.78 is 28.9. The van der Waals surface area contributed by atoms with E-state index in [1.54, 1.807) is 6.08 Å². The molecule has 0 aromatic heterocycles. The van der Waals surface area contributed by atoms with Gasteiger partial charge in [-0.15, -0.1) is 6.58 Å². The van der Waals surface area contributed by atoms with Crippen LogP contribution in [0.5, 0.6) is 0 Å². The fourth-order valence-corrected chi connectivity index (χ4v) is 7.70. The standard InChI is InChI=1S/C27H40O9/c1-9-27(15-33-16(2)28)14-19(34-17(3)29)22-24(5)12-11-21(35-18(4)30)26(7,23(31)32-8)20(24)10-13-25(22,6)36-27/h9,19-22H,1,10-15H2,2-8H3/t19-,20?,21-,22?,24-,25+,26-,27-/m1/s1. The number of carbonyl (C=O) groups excluding carboxylic acids is 4. The van der Waals surface area contributed by atoms with E-state index in [1.807, 2.05) is 13.8 Å². The van der Waals surface area contributed by atoms with E-state index in [0.29, 0.717) is 25.7 Å². The zero-order valence-corrected chi connectivity index (χ0v) is 22.5. The quantitative estimate of drug-likeness (QED) is 0.302. The van der Waals surface area contributed by atoms with Gasteiger partial charge in [-0.1, -0.05) is 13.0 Å². The van der Waals surface area contributed by atoms with Crippen molar-refractivity contribution < 1.29 is 42.9 Å². The van der Waals surface area contributed by atoms with Gasteiger partial charge in [-0.05, 0) is 50.9 Å². The lowest BCUT2D eigenvalue weighted by Gasteiger charge is -2.66. The van der Waals surface area contributed by atoms with Crippen molar-refractivity contribution in [2.75, 3.05) is 13.7 Å². The van der Waals surface area contributed by atoms with Gasteiger partial charge in [-0.2, -0.15) is 0 Å². The Kier molecular flexibility index (Phi) is 7.66. The first kappa shape index (κ1) is 28.2. The van der Waals surface area contributed by atoms with Crippen LogP contribution in [0, 0.1) is 22.7 Å². The lowest BCUT2D eigenvalue weighted by molar-refractivity contribution is -0.302. The van der Waals surface area contributed by atoms with E-state index < -0.39 is 58.1 Å². The summed E-state index contributed by atoms with van der Waals surface area (Å²) in [5.41, 5.74) is -3.38. The minimum Gasteiger partial charge on any atom is -0.468 e. The van der Waals surface area contributed by atoms with Crippen molar-refractivity contribution in [1.82, 2.24) is 0 Å². The maximum atomic E-state index is 13.3. The molecule has 36 heavy (non-hydrogen) atoms. The summed E-state index contributed by atoms with van der Waals surface area (Å²) in [7, 11) is 1.34. The Hall–Kier alpha value is -2.42. The van der Waals surface area contributed by atoms with Crippen LogP contribution < -0.4 is 0 Å². The average molecular weight is 509 g/mol. The Bertz CT molecular complexity index is 930. The van der Waals surface area contributed by atoms with Gasteiger partial charge in [0, 0.05) is 33.1 Å². The fourth-order valence-electron chi connectivity index (χ4n) is 7.70. The summed E-state index contributed by atoms with van der Waals surface area (Å²) in [5.74, 6) is -2.24. The van der Waals surface area contributed by atoms with Crippen LogP contribution >= 0.6 is 0 Å². The fraction of sp³-hybridized carbons (Fsp3) is 0.778. The van der Waals surface area contributed by atoms with E-state index in [9.17, 15) is 19.2 Å². The topological polar surface area (TPSA) is 114 Å². The molecule has 1 saturated heterocycles. The van der Waals surface area contributed by atoms with Crippen LogP contribution in [0.15, 0.2) is 12.7 Å². The van der Waals surface area contributed by atoms with Gasteiger partial charge < -0.3 is 23.7 Å². The smallest absolute Gasteiger partial charge is 0.315 e. The molecular formula is C27H40O9. The normalized spacial score (nSPS) is 41.6. The van der Waals surface area contributed by atoms with Crippen molar-refractivity contribution in [3.8, 4) is 0 Å². The number of hydrogen-bond acceptors (Lipinski definition) is 9. The van der Waals surface area contributed by atoms with E-state index in [1.165, 1.54) is 27.9 Å². The minimum atomic E-state index is -1.08. The Morgan fingerprint density at radius 1 is 0.972 bits per heavy atom. The number of esters is 4. The molecule has 0 radical (unpaired) electrons. The van der Waals surface area contributed by atoms with Gasteiger partial charge in [0.05, 0.1) is 12.7 Å². The number of rotatable bonds is 6. The highest BCUT2D eigenvalue weighted by Gasteiger charge is 2.70. The molecule has 1 aliphatic heterocycles. The third kappa shape index (κ3) is 4.66. The molecule has 2 saturated carbocycles. The van der Waals surface area contributed by atoms with E-state index in [2.05, 4.69) is 13.5 Å². The first-order valence-electron chi connectivity index (χ1n) is 12.6. The Labute approximate surface area is 213 Å². The van der Waals surface area contributed by atoms with Gasteiger partial charge in [0.2, 0.25) is 0 Å². The van der Waals surface area contributed by atoms with Crippen LogP contribution in [0.4, 0.5) is 0 Å². The van der Waals surface area contributed by atoms with Crippen molar-refractivity contribution in [1.29, 1.82) is 0 Å². The highest BCUT2D eigenvalue weighted by molar-refractivity contribution is 5.79. The second-order valence-corrected chi connectivity index (χ2v) is 11.3. The van der Waals surface area contributed by atoms with E-state index in [-0.39, 0.29) is 24.9 Å². The molecule has 1 heterocycles. The predicted molar refractivity (Wildman–Crippen MR) is 128 cm³/mol. The van der Waals surface area contributed by atoms with Crippen molar-refractivity contribution in [2.24, 2.45) is 22.7 Å². The lowest BCUT2D eigenvalue weighted by Crippen LogP contribution is -2.71. The first-order valence-corrected chi connectivity index (χ1v) is 12.6. The van der Waals surface area contributed by atoms with Crippen LogP contribution in [0.25, 0.3) is 0 Å². The number of fused-ring (bicyclic) bond motifs is 3. The van der Waals surface area contributed by atoms with Crippen LogP contribution in [-0.4, -0.2) is 61.0 Å². The number of carbonyl (C=O) groups is 4. The third-order valence-corrected chi connectivity index (χ3v) is 8.93. The van der Waals surface area contributed by atoms with Gasteiger partial charge in [0.1, 0.15) is 29.8 Å². The molecule has 3 fully saturated rings. The zero-order chi connectivity index (χ0) is 27.1. The SMILES string of the molecule is C=C[C@]1(COC(C)=O)C[C@@H](OC(C)=O)C2[C@]3(C)CC[C@@H](OC(C)=O)[C@](C)(C(=O)OC)C3CC[C@]2(C)O1. The molecule has 2 aliphatic carbocycles. The zero-order valence-electron chi connectivity index (χ0n) is 22.5. The van der Waals surface area contributed by atoms with Crippen molar-refractivity contribution in [2.45, 2.75) is 97.1 Å².